The van der Waals surface area contributed by atoms with Crippen molar-refractivity contribution in [2.75, 3.05) is 6.54 Å². The lowest BCUT2D eigenvalue weighted by Gasteiger charge is -1.96. The van der Waals surface area contributed by atoms with Crippen LogP contribution in [-0.4, -0.2) is 6.54 Å². The van der Waals surface area contributed by atoms with Crippen LogP contribution in [0.2, 0.25) is 0 Å². The van der Waals surface area contributed by atoms with Gasteiger partial charge in [-0.25, -0.2) is 0 Å². The molecule has 0 bridgehead atoms. The highest BCUT2D eigenvalue weighted by Crippen LogP contribution is 2.02. The summed E-state index contributed by atoms with van der Waals surface area (Å²) in [6, 6.07) is 7.90. The first-order valence-electron chi connectivity index (χ1n) is 3.62. The van der Waals surface area contributed by atoms with Crippen LogP contribution >= 0.6 is 0 Å². The van der Waals surface area contributed by atoms with E-state index >= 15 is 0 Å². The Morgan fingerprint density at radius 1 is 1.27 bits per heavy atom. The monoisotopic (exact) mass is 145 g/mol. The lowest BCUT2D eigenvalue weighted by molar-refractivity contribution is 0.969. The highest BCUT2D eigenvalue weighted by Gasteiger charge is 1.89. The third kappa shape index (κ3) is 2.10. The number of nitrogens with two attached hydrogens (primary N) is 1. The predicted octanol–water partition coefficient (Wildman–Crippen LogP) is 1.17. The third-order valence-electron chi connectivity index (χ3n) is 1.55. The van der Waals surface area contributed by atoms with Crippen molar-refractivity contribution < 1.29 is 0 Å². The quantitative estimate of drug-likeness (QED) is 0.621. The first kappa shape index (κ1) is 7.84. The van der Waals surface area contributed by atoms with E-state index in [4.69, 9.17) is 12.2 Å². The van der Waals surface area contributed by atoms with E-state index in [0.29, 0.717) is 6.54 Å². The number of terminal acetylenes is 1. The normalized spacial score (nSPS) is 9.09. The maximum absolute atomic E-state index is 5.39. The molecule has 1 aromatic carbocycles. The second-order valence-corrected chi connectivity index (χ2v) is 2.38. The van der Waals surface area contributed by atoms with E-state index in [1.165, 1.54) is 5.56 Å². The minimum Gasteiger partial charge on any atom is -0.330 e. The van der Waals surface area contributed by atoms with Crippen molar-refractivity contribution in [3.05, 3.63) is 35.4 Å². The molecular weight excluding hydrogens is 134 g/mol. The van der Waals surface area contributed by atoms with Crippen molar-refractivity contribution in [2.45, 2.75) is 6.42 Å². The van der Waals surface area contributed by atoms with Crippen molar-refractivity contribution in [2.24, 2.45) is 5.73 Å². The molecule has 2 N–H and O–H groups in total. The second kappa shape index (κ2) is 3.80. The minimum atomic E-state index is 0.690. The van der Waals surface area contributed by atoms with Gasteiger partial charge in [-0.2, -0.15) is 0 Å². The van der Waals surface area contributed by atoms with E-state index in [2.05, 4.69) is 5.92 Å². The van der Waals surface area contributed by atoms with Crippen LogP contribution in [0, 0.1) is 12.3 Å². The predicted molar refractivity (Wildman–Crippen MR) is 47.1 cm³/mol. The zero-order valence-electron chi connectivity index (χ0n) is 6.38. The highest BCUT2D eigenvalue weighted by atomic mass is 14.5. The van der Waals surface area contributed by atoms with Crippen molar-refractivity contribution in [3.8, 4) is 12.3 Å². The Kier molecular flexibility index (Phi) is 2.71. The van der Waals surface area contributed by atoms with E-state index in [9.17, 15) is 0 Å². The number of benzene rings is 1. The van der Waals surface area contributed by atoms with Crippen LogP contribution in [0.3, 0.4) is 0 Å². The Labute approximate surface area is 67.2 Å². The topological polar surface area (TPSA) is 26.0 Å². The van der Waals surface area contributed by atoms with Gasteiger partial charge in [0, 0.05) is 5.56 Å². The second-order valence-electron chi connectivity index (χ2n) is 2.38. The van der Waals surface area contributed by atoms with Gasteiger partial charge >= 0.3 is 0 Å². The Morgan fingerprint density at radius 2 is 1.91 bits per heavy atom. The van der Waals surface area contributed by atoms with E-state index in [0.717, 1.165) is 12.0 Å². The Hall–Kier alpha value is -1.26. The van der Waals surface area contributed by atoms with E-state index < -0.39 is 0 Å². The van der Waals surface area contributed by atoms with Crippen LogP contribution < -0.4 is 5.73 Å². The Bertz CT molecular complexity index is 253. The van der Waals surface area contributed by atoms with Gasteiger partial charge in [-0.05, 0) is 30.7 Å². The molecule has 11 heavy (non-hydrogen) atoms. The van der Waals surface area contributed by atoms with Gasteiger partial charge in [0.1, 0.15) is 0 Å². The molecule has 0 spiro atoms. The fourth-order valence-electron chi connectivity index (χ4n) is 0.934. The van der Waals surface area contributed by atoms with Crippen LogP contribution in [0.5, 0.6) is 0 Å². The molecule has 1 heteroatoms. The molecule has 0 radical (unpaired) electrons. The standard InChI is InChI=1S/C10H11N/c1-2-9-3-5-10(6-4-9)7-8-11/h1,3-6H,7-8,11H2. The summed E-state index contributed by atoms with van der Waals surface area (Å²) < 4.78 is 0. The molecule has 0 saturated heterocycles. The van der Waals surface area contributed by atoms with Crippen LogP contribution in [-0.2, 0) is 6.42 Å². The van der Waals surface area contributed by atoms with E-state index in [1.54, 1.807) is 0 Å². The summed E-state index contributed by atoms with van der Waals surface area (Å²) >= 11 is 0. The van der Waals surface area contributed by atoms with Crippen molar-refractivity contribution in [1.29, 1.82) is 0 Å². The van der Waals surface area contributed by atoms with Crippen molar-refractivity contribution >= 4 is 0 Å². The van der Waals surface area contributed by atoms with E-state index in [1.807, 2.05) is 24.3 Å². The summed E-state index contributed by atoms with van der Waals surface area (Å²) in [5, 5.41) is 0. The van der Waals surface area contributed by atoms with Crippen molar-refractivity contribution in [1.82, 2.24) is 0 Å². The zero-order chi connectivity index (χ0) is 8.10. The van der Waals surface area contributed by atoms with E-state index in [-0.39, 0.29) is 0 Å². The smallest absolute Gasteiger partial charge is 0.0242 e. The molecule has 0 atom stereocenters. The lowest BCUT2D eigenvalue weighted by atomic mass is 10.1. The first-order chi connectivity index (χ1) is 5.36. The van der Waals surface area contributed by atoms with Gasteiger partial charge < -0.3 is 5.73 Å². The average Bonchev–Trinajstić information content (AvgIpc) is 2.07. The van der Waals surface area contributed by atoms with Gasteiger partial charge in [-0.1, -0.05) is 18.1 Å². The van der Waals surface area contributed by atoms with Crippen LogP contribution in [0.15, 0.2) is 24.3 Å². The molecule has 1 nitrogen and oxygen atoms in total. The molecular formula is C10H11N. The maximum atomic E-state index is 5.39. The molecule has 0 aromatic heterocycles. The summed E-state index contributed by atoms with van der Waals surface area (Å²) in [5.41, 5.74) is 7.55. The number of rotatable bonds is 2. The molecule has 56 valence electrons. The van der Waals surface area contributed by atoms with Crippen LogP contribution in [0.25, 0.3) is 0 Å². The number of hydrogen-bond acceptors (Lipinski definition) is 1. The molecule has 1 aromatic rings. The van der Waals surface area contributed by atoms with Crippen molar-refractivity contribution in [3.63, 3.8) is 0 Å². The minimum absolute atomic E-state index is 0.690. The van der Waals surface area contributed by atoms with Gasteiger partial charge in [0.2, 0.25) is 0 Å². The molecule has 0 aliphatic rings. The van der Waals surface area contributed by atoms with Gasteiger partial charge in [0.15, 0.2) is 0 Å². The first-order valence-corrected chi connectivity index (χ1v) is 3.62. The molecule has 1 rings (SSSR count). The van der Waals surface area contributed by atoms with Gasteiger partial charge in [-0.3, -0.25) is 0 Å². The van der Waals surface area contributed by atoms with Gasteiger partial charge in [0.25, 0.3) is 0 Å². The molecule has 0 amide bonds. The highest BCUT2D eigenvalue weighted by molar-refractivity contribution is 5.34. The fraction of sp³-hybridized carbons (Fsp3) is 0.200. The maximum Gasteiger partial charge on any atom is 0.0242 e. The summed E-state index contributed by atoms with van der Waals surface area (Å²) in [6.45, 7) is 0.690. The summed E-state index contributed by atoms with van der Waals surface area (Å²) in [5.74, 6) is 2.57. The lowest BCUT2D eigenvalue weighted by Crippen LogP contribution is -2.02. The van der Waals surface area contributed by atoms with Crippen LogP contribution in [0.1, 0.15) is 11.1 Å². The Morgan fingerprint density at radius 3 is 2.36 bits per heavy atom. The summed E-state index contributed by atoms with van der Waals surface area (Å²) in [4.78, 5) is 0. The molecule has 0 fully saturated rings. The Balaban J connectivity index is 2.76. The van der Waals surface area contributed by atoms with Gasteiger partial charge in [0.05, 0.1) is 0 Å². The average molecular weight is 145 g/mol. The molecule has 0 aliphatic carbocycles. The molecule has 0 saturated carbocycles. The third-order valence-corrected chi connectivity index (χ3v) is 1.55. The molecule has 0 unspecified atom stereocenters. The molecule has 0 heterocycles. The summed E-state index contributed by atoms with van der Waals surface area (Å²) in [6.07, 6.45) is 6.12. The van der Waals surface area contributed by atoms with Gasteiger partial charge in [-0.15, -0.1) is 6.42 Å². The summed E-state index contributed by atoms with van der Waals surface area (Å²) in [7, 11) is 0. The zero-order valence-corrected chi connectivity index (χ0v) is 6.38. The van der Waals surface area contributed by atoms with Crippen LogP contribution in [0.4, 0.5) is 0 Å². The number of hydrogen-bond donors (Lipinski definition) is 1. The molecule has 0 aliphatic heterocycles. The fourth-order valence-corrected chi connectivity index (χ4v) is 0.934. The largest absolute Gasteiger partial charge is 0.330 e. The SMILES string of the molecule is C#Cc1ccc(CCN)cc1.